The second-order valence-corrected chi connectivity index (χ2v) is 9.25. The van der Waals surface area contributed by atoms with Gasteiger partial charge < -0.3 is 5.11 Å². The number of rotatable bonds is 5. The van der Waals surface area contributed by atoms with Crippen molar-refractivity contribution in [2.45, 2.75) is 37.5 Å². The summed E-state index contributed by atoms with van der Waals surface area (Å²) in [4.78, 5) is 16.9. The Bertz CT molecular complexity index is 876. The van der Waals surface area contributed by atoms with Crippen LogP contribution in [0.1, 0.15) is 36.0 Å². The number of sulfone groups is 1. The molecule has 0 atom stereocenters. The van der Waals surface area contributed by atoms with Gasteiger partial charge in [0.1, 0.15) is 5.75 Å². The fraction of sp³-hybridized carbons (Fsp3) is 0.333. The summed E-state index contributed by atoms with van der Waals surface area (Å²) in [6, 6.07) is 4.11. The summed E-state index contributed by atoms with van der Waals surface area (Å²) in [5.74, 6) is -0.851. The molecular weight excluding hydrogens is 372 g/mol. The minimum absolute atomic E-state index is 0.000582. The van der Waals surface area contributed by atoms with Crippen molar-refractivity contribution in [1.29, 1.82) is 0 Å². The molecular formula is C15H17ClN2O4S2. The minimum Gasteiger partial charge on any atom is -0.507 e. The third-order valence-electron chi connectivity index (χ3n) is 3.30. The number of hydrogen-bond donors (Lipinski definition) is 2. The number of halogens is 1. The summed E-state index contributed by atoms with van der Waals surface area (Å²) in [6.07, 6.45) is 0.487. The van der Waals surface area contributed by atoms with Crippen LogP contribution < -0.4 is 5.32 Å². The van der Waals surface area contributed by atoms with Gasteiger partial charge in [0.15, 0.2) is 20.0 Å². The van der Waals surface area contributed by atoms with E-state index in [9.17, 15) is 18.3 Å². The minimum atomic E-state index is -3.53. The summed E-state index contributed by atoms with van der Waals surface area (Å²) >= 11 is 6.84. The lowest BCUT2D eigenvalue weighted by Crippen LogP contribution is -2.16. The first-order valence-electron chi connectivity index (χ1n) is 7.20. The van der Waals surface area contributed by atoms with Gasteiger partial charge in [0.05, 0.1) is 10.8 Å². The van der Waals surface area contributed by atoms with Gasteiger partial charge in [-0.25, -0.2) is 13.4 Å². The van der Waals surface area contributed by atoms with Crippen molar-refractivity contribution >= 4 is 43.8 Å². The Balaban J connectivity index is 2.34. The molecule has 0 aliphatic carbocycles. The lowest BCUT2D eigenvalue weighted by Gasteiger charge is -2.06. The van der Waals surface area contributed by atoms with Gasteiger partial charge in [-0.3, -0.25) is 10.1 Å². The van der Waals surface area contributed by atoms with E-state index in [0.29, 0.717) is 16.3 Å². The molecule has 6 nitrogen and oxygen atoms in total. The molecule has 2 aromatic rings. The summed E-state index contributed by atoms with van der Waals surface area (Å²) in [6.45, 7) is 4.99. The molecule has 130 valence electrons. The molecule has 0 bridgehead atoms. The van der Waals surface area contributed by atoms with E-state index in [4.69, 9.17) is 11.6 Å². The third kappa shape index (κ3) is 3.71. The highest BCUT2D eigenvalue weighted by atomic mass is 35.5. The summed E-state index contributed by atoms with van der Waals surface area (Å²) < 4.78 is 24.7. The smallest absolute Gasteiger partial charge is 0.261 e. The first kappa shape index (κ1) is 18.7. The monoisotopic (exact) mass is 388 g/mol. The van der Waals surface area contributed by atoms with Crippen molar-refractivity contribution in [1.82, 2.24) is 4.98 Å². The van der Waals surface area contributed by atoms with E-state index in [-0.39, 0.29) is 21.5 Å². The molecule has 1 heterocycles. The maximum atomic E-state index is 12.3. The number of carbonyl (C=O) groups excluding carboxylic acids is 1. The van der Waals surface area contributed by atoms with Crippen molar-refractivity contribution in [2.24, 2.45) is 0 Å². The Hall–Kier alpha value is -1.64. The number of phenolic OH excluding ortho intramolecular Hbond substituents is 1. The van der Waals surface area contributed by atoms with Crippen LogP contribution in [0.4, 0.5) is 5.13 Å². The molecule has 0 saturated carbocycles. The maximum absolute atomic E-state index is 12.3. The Kier molecular flexibility index (Phi) is 5.52. The topological polar surface area (TPSA) is 96.4 Å². The van der Waals surface area contributed by atoms with E-state index in [2.05, 4.69) is 10.3 Å². The van der Waals surface area contributed by atoms with Crippen LogP contribution in [-0.4, -0.2) is 29.7 Å². The Morgan fingerprint density at radius 1 is 1.42 bits per heavy atom. The average Bonchev–Trinajstić information content (AvgIpc) is 2.90. The number of aryl methyl sites for hydroxylation is 1. The number of phenols is 1. The highest BCUT2D eigenvalue weighted by Crippen LogP contribution is 2.30. The Labute approximate surface area is 149 Å². The molecule has 0 radical (unpaired) electrons. The van der Waals surface area contributed by atoms with Crippen LogP contribution in [0.3, 0.4) is 0 Å². The number of carbonyl (C=O) groups is 1. The van der Waals surface area contributed by atoms with Crippen LogP contribution in [0.2, 0.25) is 5.02 Å². The van der Waals surface area contributed by atoms with Crippen molar-refractivity contribution < 1.29 is 18.3 Å². The van der Waals surface area contributed by atoms with Crippen molar-refractivity contribution in [3.63, 3.8) is 0 Å². The van der Waals surface area contributed by atoms with Crippen LogP contribution in [0.15, 0.2) is 23.2 Å². The van der Waals surface area contributed by atoms with Crippen molar-refractivity contribution in [3.8, 4) is 5.75 Å². The number of anilines is 1. The first-order chi connectivity index (χ1) is 11.2. The third-order valence-corrected chi connectivity index (χ3v) is 6.89. The number of amides is 1. The van der Waals surface area contributed by atoms with E-state index in [0.717, 1.165) is 11.3 Å². The molecule has 0 spiro atoms. The molecule has 1 amide bonds. The number of thiazole rings is 1. The number of hydrogen-bond acceptors (Lipinski definition) is 6. The van der Waals surface area contributed by atoms with Gasteiger partial charge in [-0.05, 0) is 38.5 Å². The van der Waals surface area contributed by atoms with Crippen molar-refractivity contribution in [2.75, 3.05) is 5.32 Å². The van der Waals surface area contributed by atoms with E-state index in [1.165, 1.54) is 18.2 Å². The van der Waals surface area contributed by atoms with Crippen LogP contribution in [0.5, 0.6) is 5.75 Å². The predicted octanol–water partition coefficient (Wildman–Crippen LogP) is 3.50. The number of aromatic nitrogens is 1. The normalized spacial score (nSPS) is 11.7. The highest BCUT2D eigenvalue weighted by molar-refractivity contribution is 7.92. The molecule has 1 aromatic carbocycles. The largest absolute Gasteiger partial charge is 0.507 e. The fourth-order valence-electron chi connectivity index (χ4n) is 1.92. The quantitative estimate of drug-likeness (QED) is 0.817. The van der Waals surface area contributed by atoms with Gasteiger partial charge in [0.25, 0.3) is 5.91 Å². The molecule has 0 aliphatic heterocycles. The zero-order valence-corrected chi connectivity index (χ0v) is 15.7. The molecule has 0 saturated heterocycles. The number of benzene rings is 1. The molecule has 0 aliphatic rings. The molecule has 0 unspecified atom stereocenters. The maximum Gasteiger partial charge on any atom is 0.261 e. The van der Waals surface area contributed by atoms with Gasteiger partial charge in [-0.1, -0.05) is 18.5 Å². The van der Waals surface area contributed by atoms with Gasteiger partial charge in [-0.2, -0.15) is 0 Å². The zero-order chi connectivity index (χ0) is 18.1. The fourth-order valence-corrected chi connectivity index (χ4v) is 4.54. The molecule has 2 N–H and O–H groups in total. The van der Waals surface area contributed by atoms with Gasteiger partial charge >= 0.3 is 0 Å². The van der Waals surface area contributed by atoms with Crippen LogP contribution in [0, 0.1) is 0 Å². The summed E-state index contributed by atoms with van der Waals surface area (Å²) in [5.41, 5.74) is 0.0286. The summed E-state index contributed by atoms with van der Waals surface area (Å²) in [7, 11) is -3.53. The number of nitrogens with one attached hydrogen (secondary N) is 1. The van der Waals surface area contributed by atoms with E-state index in [1.807, 2.05) is 6.92 Å². The Morgan fingerprint density at radius 3 is 2.62 bits per heavy atom. The highest BCUT2D eigenvalue weighted by Gasteiger charge is 2.27. The lowest BCUT2D eigenvalue weighted by atomic mass is 10.2. The molecule has 9 heteroatoms. The SMILES string of the molecule is CCc1sc(NC(=O)c2ccc(Cl)cc2O)nc1S(=O)(=O)C(C)C. The van der Waals surface area contributed by atoms with Crippen LogP contribution in [-0.2, 0) is 16.3 Å². The van der Waals surface area contributed by atoms with E-state index in [1.54, 1.807) is 13.8 Å². The van der Waals surface area contributed by atoms with Crippen LogP contribution >= 0.6 is 22.9 Å². The van der Waals surface area contributed by atoms with Crippen molar-refractivity contribution in [3.05, 3.63) is 33.7 Å². The summed E-state index contributed by atoms with van der Waals surface area (Å²) in [5, 5.41) is 12.2. The zero-order valence-electron chi connectivity index (χ0n) is 13.3. The first-order valence-corrected chi connectivity index (χ1v) is 9.94. The van der Waals surface area contributed by atoms with Crippen LogP contribution in [0.25, 0.3) is 0 Å². The van der Waals surface area contributed by atoms with Gasteiger partial charge in [0.2, 0.25) is 0 Å². The lowest BCUT2D eigenvalue weighted by molar-refractivity contribution is 0.102. The Morgan fingerprint density at radius 2 is 2.08 bits per heavy atom. The molecule has 0 fully saturated rings. The standard InChI is InChI=1S/C15H17ClN2O4S2/c1-4-12-14(24(21,22)8(2)3)18-15(23-12)17-13(20)10-6-5-9(16)7-11(10)19/h5-8,19H,4H2,1-3H3,(H,17,18,20). The molecule has 24 heavy (non-hydrogen) atoms. The molecule has 1 aromatic heterocycles. The predicted molar refractivity (Wildman–Crippen MR) is 94.9 cm³/mol. The second-order valence-electron chi connectivity index (χ2n) is 5.31. The van der Waals surface area contributed by atoms with E-state index >= 15 is 0 Å². The number of aromatic hydroxyl groups is 1. The average molecular weight is 389 g/mol. The van der Waals surface area contributed by atoms with Gasteiger partial charge in [0, 0.05) is 9.90 Å². The second kappa shape index (κ2) is 7.08. The van der Waals surface area contributed by atoms with Gasteiger partial charge in [-0.15, -0.1) is 11.3 Å². The van der Waals surface area contributed by atoms with E-state index < -0.39 is 21.0 Å². The molecule has 2 rings (SSSR count). The number of nitrogens with zero attached hydrogens (tertiary/aromatic N) is 1.